The van der Waals surface area contributed by atoms with E-state index in [1.807, 2.05) is 24.3 Å². The molecule has 0 spiro atoms. The lowest BCUT2D eigenvalue weighted by atomic mass is 10.0. The summed E-state index contributed by atoms with van der Waals surface area (Å²) in [6, 6.07) is 12.3. The number of hydrogen-bond donors (Lipinski definition) is 3. The summed E-state index contributed by atoms with van der Waals surface area (Å²) >= 11 is 0. The van der Waals surface area contributed by atoms with Crippen molar-refractivity contribution in [2.45, 2.75) is 13.0 Å². The van der Waals surface area contributed by atoms with Crippen molar-refractivity contribution in [2.75, 3.05) is 24.6 Å². The summed E-state index contributed by atoms with van der Waals surface area (Å²) in [5, 5.41) is 19.0. The van der Waals surface area contributed by atoms with Gasteiger partial charge in [0.25, 0.3) is 0 Å². The first-order valence-corrected chi connectivity index (χ1v) is 8.23. The minimum absolute atomic E-state index is 0.218. The van der Waals surface area contributed by atoms with Crippen LogP contribution in [0.1, 0.15) is 28.9 Å². The molecule has 1 atom stereocenters. The van der Waals surface area contributed by atoms with Crippen molar-refractivity contribution in [1.29, 1.82) is 0 Å². The molecule has 2 aromatic carbocycles. The minimum Gasteiger partial charge on any atom is -0.457 e. The maximum Gasteiger partial charge on any atom is 0.248 e. The largest absolute Gasteiger partial charge is 0.457 e. The van der Waals surface area contributed by atoms with E-state index in [0.29, 0.717) is 28.5 Å². The van der Waals surface area contributed by atoms with E-state index in [4.69, 9.17) is 15.6 Å². The monoisotopic (exact) mass is 342 g/mol. The van der Waals surface area contributed by atoms with Gasteiger partial charge >= 0.3 is 0 Å². The van der Waals surface area contributed by atoms with Crippen molar-refractivity contribution in [2.24, 2.45) is 11.7 Å². The molecule has 2 aromatic rings. The van der Waals surface area contributed by atoms with Gasteiger partial charge in [-0.25, -0.2) is 0 Å². The molecule has 0 unspecified atom stereocenters. The average molecular weight is 342 g/mol. The highest BCUT2D eigenvalue weighted by Crippen LogP contribution is 2.32. The molecule has 0 aliphatic carbocycles. The molecule has 132 valence electrons. The number of hydrogen-bond acceptors (Lipinski definition) is 5. The number of benzene rings is 2. The predicted octanol–water partition coefficient (Wildman–Crippen LogP) is 2.06. The lowest BCUT2D eigenvalue weighted by Gasteiger charge is -2.40. The van der Waals surface area contributed by atoms with E-state index in [9.17, 15) is 9.90 Å². The van der Waals surface area contributed by atoms with Crippen molar-refractivity contribution in [3.05, 3.63) is 53.6 Å². The summed E-state index contributed by atoms with van der Waals surface area (Å²) < 4.78 is 5.86. The van der Waals surface area contributed by atoms with Gasteiger partial charge in [-0.05, 0) is 43.3 Å². The number of aliphatic hydroxyl groups is 2. The average Bonchev–Trinajstić information content (AvgIpc) is 2.55. The van der Waals surface area contributed by atoms with Gasteiger partial charge in [-0.2, -0.15) is 0 Å². The minimum atomic E-state index is -0.729. The second-order valence-corrected chi connectivity index (χ2v) is 6.34. The van der Waals surface area contributed by atoms with Crippen LogP contribution in [0.15, 0.2) is 42.5 Å². The van der Waals surface area contributed by atoms with Crippen molar-refractivity contribution < 1.29 is 19.7 Å². The summed E-state index contributed by atoms with van der Waals surface area (Å²) in [5.41, 5.74) is 7.30. The van der Waals surface area contributed by atoms with E-state index in [2.05, 4.69) is 4.90 Å². The van der Waals surface area contributed by atoms with Crippen LogP contribution < -0.4 is 15.4 Å². The molecular weight excluding hydrogens is 320 g/mol. The van der Waals surface area contributed by atoms with Crippen LogP contribution in [0, 0.1) is 5.92 Å². The third kappa shape index (κ3) is 3.75. The fourth-order valence-electron chi connectivity index (χ4n) is 2.87. The molecule has 1 aliphatic rings. The Balaban J connectivity index is 1.77. The number of anilines is 1. The molecule has 6 nitrogen and oxygen atoms in total. The number of aliphatic hydroxyl groups excluding tert-OH is 2. The Bertz CT molecular complexity index is 753. The van der Waals surface area contributed by atoms with Crippen molar-refractivity contribution >= 4 is 11.6 Å². The van der Waals surface area contributed by atoms with Crippen LogP contribution in [0.5, 0.6) is 11.5 Å². The first kappa shape index (κ1) is 17.3. The SMILES string of the molecule is C[C@@H](O)c1ccc(C(N)=O)cc1Oc1ccc(N2CC(CO)C2)cc1. The van der Waals surface area contributed by atoms with Gasteiger partial charge in [-0.15, -0.1) is 0 Å². The van der Waals surface area contributed by atoms with Crippen molar-refractivity contribution in [3.63, 3.8) is 0 Å². The molecule has 0 bridgehead atoms. The lowest BCUT2D eigenvalue weighted by molar-refractivity contribution is 0.0999. The molecule has 1 heterocycles. The van der Waals surface area contributed by atoms with Crippen LogP contribution in [0.2, 0.25) is 0 Å². The molecule has 1 fully saturated rings. The Morgan fingerprint density at radius 3 is 2.52 bits per heavy atom. The van der Waals surface area contributed by atoms with Crippen LogP contribution in [-0.2, 0) is 0 Å². The third-order valence-electron chi connectivity index (χ3n) is 4.39. The maximum absolute atomic E-state index is 11.4. The first-order valence-electron chi connectivity index (χ1n) is 8.23. The quantitative estimate of drug-likeness (QED) is 0.747. The van der Waals surface area contributed by atoms with Gasteiger partial charge in [0.2, 0.25) is 5.91 Å². The van der Waals surface area contributed by atoms with Crippen molar-refractivity contribution in [1.82, 2.24) is 0 Å². The Hall–Kier alpha value is -2.57. The topological polar surface area (TPSA) is 96.0 Å². The molecule has 0 aromatic heterocycles. The van der Waals surface area contributed by atoms with Gasteiger partial charge in [0.15, 0.2) is 0 Å². The van der Waals surface area contributed by atoms with E-state index in [1.54, 1.807) is 25.1 Å². The number of carbonyl (C=O) groups is 1. The van der Waals surface area contributed by atoms with Gasteiger partial charge < -0.3 is 25.6 Å². The number of nitrogens with two attached hydrogens (primary N) is 1. The molecule has 1 saturated heterocycles. The Labute approximate surface area is 146 Å². The molecule has 1 amide bonds. The van der Waals surface area contributed by atoms with E-state index >= 15 is 0 Å². The second-order valence-electron chi connectivity index (χ2n) is 6.34. The zero-order valence-electron chi connectivity index (χ0n) is 14.1. The zero-order chi connectivity index (χ0) is 18.0. The first-order chi connectivity index (χ1) is 12.0. The fraction of sp³-hybridized carbons (Fsp3) is 0.316. The third-order valence-corrected chi connectivity index (χ3v) is 4.39. The molecule has 25 heavy (non-hydrogen) atoms. The van der Waals surface area contributed by atoms with Crippen LogP contribution >= 0.6 is 0 Å². The summed E-state index contributed by atoms with van der Waals surface area (Å²) in [6.07, 6.45) is -0.729. The smallest absolute Gasteiger partial charge is 0.248 e. The number of nitrogens with zero attached hydrogens (tertiary/aromatic N) is 1. The molecular formula is C19H22N2O4. The lowest BCUT2D eigenvalue weighted by Crippen LogP contribution is -2.48. The Morgan fingerprint density at radius 1 is 1.28 bits per heavy atom. The fourth-order valence-corrected chi connectivity index (χ4v) is 2.87. The van der Waals surface area contributed by atoms with Gasteiger partial charge in [-0.3, -0.25) is 4.79 Å². The molecule has 0 radical (unpaired) electrons. The van der Waals surface area contributed by atoms with Gasteiger partial charge in [0, 0.05) is 42.4 Å². The van der Waals surface area contributed by atoms with Crippen LogP contribution in [0.25, 0.3) is 0 Å². The highest BCUT2D eigenvalue weighted by molar-refractivity contribution is 5.93. The number of amides is 1. The van der Waals surface area contributed by atoms with E-state index in [1.165, 1.54) is 0 Å². The maximum atomic E-state index is 11.4. The summed E-state index contributed by atoms with van der Waals surface area (Å²) in [7, 11) is 0. The molecule has 0 saturated carbocycles. The molecule has 1 aliphatic heterocycles. The van der Waals surface area contributed by atoms with E-state index in [-0.39, 0.29) is 6.61 Å². The van der Waals surface area contributed by atoms with Gasteiger partial charge in [-0.1, -0.05) is 6.07 Å². The number of ether oxygens (including phenoxy) is 1. The molecule has 4 N–H and O–H groups in total. The van der Waals surface area contributed by atoms with Crippen LogP contribution in [0.3, 0.4) is 0 Å². The Kier molecular flexibility index (Phi) is 4.92. The summed E-state index contributed by atoms with van der Waals surface area (Å²) in [6.45, 7) is 3.56. The van der Waals surface area contributed by atoms with Crippen LogP contribution in [0.4, 0.5) is 5.69 Å². The zero-order valence-corrected chi connectivity index (χ0v) is 14.1. The predicted molar refractivity (Wildman–Crippen MR) is 94.9 cm³/mol. The number of rotatable bonds is 6. The standard InChI is InChI=1S/C19H22N2O4/c1-12(23)17-7-2-14(19(20)24)8-18(17)25-16-5-3-15(4-6-16)21-9-13(10-21)11-22/h2-8,12-13,22-23H,9-11H2,1H3,(H2,20,24)/t12-/m1/s1. The second kappa shape index (κ2) is 7.13. The van der Waals surface area contributed by atoms with E-state index in [0.717, 1.165) is 18.8 Å². The Morgan fingerprint density at radius 2 is 1.96 bits per heavy atom. The van der Waals surface area contributed by atoms with Crippen LogP contribution in [-0.4, -0.2) is 35.8 Å². The van der Waals surface area contributed by atoms with Gasteiger partial charge in [0.05, 0.1) is 6.10 Å². The number of carbonyl (C=O) groups excluding carboxylic acids is 1. The highest BCUT2D eigenvalue weighted by atomic mass is 16.5. The van der Waals surface area contributed by atoms with E-state index < -0.39 is 12.0 Å². The molecule has 3 rings (SSSR count). The number of primary amides is 1. The van der Waals surface area contributed by atoms with Crippen molar-refractivity contribution in [3.8, 4) is 11.5 Å². The normalized spacial score (nSPS) is 15.6. The molecule has 6 heteroatoms. The highest BCUT2D eigenvalue weighted by Gasteiger charge is 2.25. The summed E-state index contributed by atoms with van der Waals surface area (Å²) in [5.74, 6) is 0.810. The van der Waals surface area contributed by atoms with Gasteiger partial charge in [0.1, 0.15) is 11.5 Å². The summed E-state index contributed by atoms with van der Waals surface area (Å²) in [4.78, 5) is 13.6.